The largest absolute Gasteiger partial charge is 0.393 e. The van der Waals surface area contributed by atoms with Crippen molar-refractivity contribution in [3.63, 3.8) is 0 Å². The summed E-state index contributed by atoms with van der Waals surface area (Å²) >= 11 is 0. The molecule has 0 spiro atoms. The number of benzene rings is 2. The van der Waals surface area contributed by atoms with Crippen molar-refractivity contribution < 1.29 is 14.8 Å². The van der Waals surface area contributed by atoms with E-state index >= 15 is 0 Å². The molecule has 2 aromatic carbocycles. The number of nitrogen functional groups attached to an aromatic ring is 1. The van der Waals surface area contributed by atoms with Gasteiger partial charge in [0.15, 0.2) is 0 Å². The molecular formula is C16H17N3O4. The first kappa shape index (κ1) is 16.4. The van der Waals surface area contributed by atoms with Gasteiger partial charge in [0.1, 0.15) is 5.69 Å². The van der Waals surface area contributed by atoms with Crippen LogP contribution in [0.3, 0.4) is 0 Å². The number of nitrogens with zero attached hydrogens (tertiary/aromatic N) is 1. The van der Waals surface area contributed by atoms with Crippen LogP contribution in [-0.4, -0.2) is 22.5 Å². The van der Waals surface area contributed by atoms with Gasteiger partial charge in [-0.1, -0.05) is 24.3 Å². The Bertz CT molecular complexity index is 714. The predicted octanol–water partition coefficient (Wildman–Crippen LogP) is 1.64. The van der Waals surface area contributed by atoms with Gasteiger partial charge in [0.25, 0.3) is 11.6 Å². The van der Waals surface area contributed by atoms with Crippen LogP contribution in [0.25, 0.3) is 0 Å². The highest BCUT2D eigenvalue weighted by Gasteiger charge is 2.15. The monoisotopic (exact) mass is 315 g/mol. The number of rotatable bonds is 6. The Balaban J connectivity index is 1.94. The molecule has 0 atom stereocenters. The van der Waals surface area contributed by atoms with Gasteiger partial charge in [0.05, 0.1) is 11.5 Å². The zero-order chi connectivity index (χ0) is 16.8. The van der Waals surface area contributed by atoms with E-state index in [1.54, 1.807) is 0 Å². The molecule has 0 unspecified atom stereocenters. The van der Waals surface area contributed by atoms with Crippen molar-refractivity contribution >= 4 is 17.3 Å². The molecule has 7 heteroatoms. The Labute approximate surface area is 132 Å². The number of nitro benzene ring substituents is 1. The fraction of sp³-hybridized carbons (Fsp3) is 0.188. The Morgan fingerprint density at radius 2 is 1.83 bits per heavy atom. The third-order valence-electron chi connectivity index (χ3n) is 3.39. The van der Waals surface area contributed by atoms with Crippen LogP contribution >= 0.6 is 0 Å². The lowest BCUT2D eigenvalue weighted by Crippen LogP contribution is -2.25. The van der Waals surface area contributed by atoms with Crippen LogP contribution in [-0.2, 0) is 13.0 Å². The molecule has 120 valence electrons. The molecule has 0 aliphatic heterocycles. The average Bonchev–Trinajstić information content (AvgIpc) is 2.55. The SMILES string of the molecule is Nc1ccc(C(=O)NCCc2ccc(CO)cc2)cc1[N+](=O)[O-]. The minimum absolute atomic E-state index is 0.00701. The number of nitro groups is 1. The number of aliphatic hydroxyl groups is 1. The highest BCUT2D eigenvalue weighted by molar-refractivity contribution is 5.95. The molecule has 2 rings (SSSR count). The van der Waals surface area contributed by atoms with Crippen LogP contribution in [0, 0.1) is 10.1 Å². The van der Waals surface area contributed by atoms with Crippen LogP contribution in [0.5, 0.6) is 0 Å². The second kappa shape index (κ2) is 7.37. The van der Waals surface area contributed by atoms with Gasteiger partial charge in [-0.2, -0.15) is 0 Å². The standard InChI is InChI=1S/C16H17N3O4/c17-14-6-5-13(9-15(14)19(22)23)16(21)18-8-7-11-1-3-12(10-20)4-2-11/h1-6,9,20H,7-8,10,17H2,(H,18,21). The Morgan fingerprint density at radius 1 is 1.17 bits per heavy atom. The summed E-state index contributed by atoms with van der Waals surface area (Å²) in [5.74, 6) is -0.389. The lowest BCUT2D eigenvalue weighted by Gasteiger charge is -2.07. The van der Waals surface area contributed by atoms with E-state index in [0.717, 1.165) is 11.1 Å². The first-order valence-electron chi connectivity index (χ1n) is 7.02. The van der Waals surface area contributed by atoms with Crippen LogP contribution in [0.15, 0.2) is 42.5 Å². The molecule has 0 aliphatic rings. The number of hydrogen-bond donors (Lipinski definition) is 3. The number of carbonyl (C=O) groups excluding carboxylic acids is 1. The van der Waals surface area contributed by atoms with E-state index in [1.807, 2.05) is 24.3 Å². The lowest BCUT2D eigenvalue weighted by atomic mass is 10.1. The van der Waals surface area contributed by atoms with E-state index in [4.69, 9.17) is 10.8 Å². The van der Waals surface area contributed by atoms with Crippen molar-refractivity contribution in [2.45, 2.75) is 13.0 Å². The van der Waals surface area contributed by atoms with Gasteiger partial charge in [0.2, 0.25) is 0 Å². The number of nitrogens with one attached hydrogen (secondary N) is 1. The summed E-state index contributed by atoms with van der Waals surface area (Å²) in [5.41, 5.74) is 7.28. The highest BCUT2D eigenvalue weighted by atomic mass is 16.6. The second-order valence-electron chi connectivity index (χ2n) is 5.01. The van der Waals surface area contributed by atoms with Crippen LogP contribution in [0.2, 0.25) is 0 Å². The summed E-state index contributed by atoms with van der Waals surface area (Å²) in [6, 6.07) is 11.4. The van der Waals surface area contributed by atoms with E-state index in [9.17, 15) is 14.9 Å². The lowest BCUT2D eigenvalue weighted by molar-refractivity contribution is -0.383. The first-order chi connectivity index (χ1) is 11.0. The Morgan fingerprint density at radius 3 is 2.43 bits per heavy atom. The molecule has 0 saturated carbocycles. The molecule has 23 heavy (non-hydrogen) atoms. The van der Waals surface area contributed by atoms with E-state index in [0.29, 0.717) is 13.0 Å². The molecule has 1 amide bonds. The number of anilines is 1. The maximum Gasteiger partial charge on any atom is 0.292 e. The topological polar surface area (TPSA) is 118 Å². The minimum Gasteiger partial charge on any atom is -0.393 e. The van der Waals surface area contributed by atoms with Gasteiger partial charge in [-0.3, -0.25) is 14.9 Å². The number of aliphatic hydroxyl groups excluding tert-OH is 1. The van der Waals surface area contributed by atoms with E-state index < -0.39 is 4.92 Å². The highest BCUT2D eigenvalue weighted by Crippen LogP contribution is 2.22. The zero-order valence-corrected chi connectivity index (χ0v) is 12.4. The van der Waals surface area contributed by atoms with Gasteiger partial charge in [-0.15, -0.1) is 0 Å². The molecule has 0 aliphatic carbocycles. The number of carbonyl (C=O) groups is 1. The minimum atomic E-state index is -0.616. The number of amides is 1. The van der Waals surface area contributed by atoms with Gasteiger partial charge in [-0.05, 0) is 29.7 Å². The Hall–Kier alpha value is -2.93. The first-order valence-corrected chi connectivity index (χ1v) is 7.02. The molecule has 0 saturated heterocycles. The fourth-order valence-corrected chi connectivity index (χ4v) is 2.08. The van der Waals surface area contributed by atoms with Gasteiger partial charge in [0, 0.05) is 18.2 Å². The number of hydrogen-bond acceptors (Lipinski definition) is 5. The molecule has 0 bridgehead atoms. The van der Waals surface area contributed by atoms with E-state index in [2.05, 4.69) is 5.32 Å². The molecular weight excluding hydrogens is 298 g/mol. The zero-order valence-electron chi connectivity index (χ0n) is 12.4. The third-order valence-corrected chi connectivity index (χ3v) is 3.39. The van der Waals surface area contributed by atoms with Crippen molar-refractivity contribution in [1.29, 1.82) is 0 Å². The molecule has 0 radical (unpaired) electrons. The molecule has 7 nitrogen and oxygen atoms in total. The van der Waals surface area contributed by atoms with E-state index in [1.165, 1.54) is 18.2 Å². The molecule has 4 N–H and O–H groups in total. The van der Waals surface area contributed by atoms with Gasteiger partial charge < -0.3 is 16.2 Å². The summed E-state index contributed by atoms with van der Waals surface area (Å²) in [5, 5.41) is 22.5. The van der Waals surface area contributed by atoms with Crippen LogP contribution in [0.1, 0.15) is 21.5 Å². The van der Waals surface area contributed by atoms with Crippen molar-refractivity contribution in [2.75, 3.05) is 12.3 Å². The molecule has 2 aromatic rings. The number of nitrogens with two attached hydrogens (primary N) is 1. The summed E-state index contributed by atoms with van der Waals surface area (Å²) in [6.07, 6.45) is 0.620. The van der Waals surface area contributed by atoms with Crippen LogP contribution < -0.4 is 11.1 Å². The van der Waals surface area contributed by atoms with Crippen LogP contribution in [0.4, 0.5) is 11.4 Å². The van der Waals surface area contributed by atoms with Gasteiger partial charge >= 0.3 is 0 Å². The van der Waals surface area contributed by atoms with Crippen molar-refractivity contribution in [1.82, 2.24) is 5.32 Å². The normalized spacial score (nSPS) is 10.3. The maximum atomic E-state index is 12.0. The predicted molar refractivity (Wildman–Crippen MR) is 85.9 cm³/mol. The van der Waals surface area contributed by atoms with E-state index in [-0.39, 0.29) is 29.5 Å². The smallest absolute Gasteiger partial charge is 0.292 e. The summed E-state index contributed by atoms with van der Waals surface area (Å²) < 4.78 is 0. The van der Waals surface area contributed by atoms with Crippen molar-refractivity contribution in [3.8, 4) is 0 Å². The van der Waals surface area contributed by atoms with Gasteiger partial charge in [-0.25, -0.2) is 0 Å². The maximum absolute atomic E-state index is 12.0. The summed E-state index contributed by atoms with van der Waals surface area (Å²) in [7, 11) is 0. The molecule has 0 aromatic heterocycles. The third kappa shape index (κ3) is 4.27. The van der Waals surface area contributed by atoms with Crippen molar-refractivity contribution in [2.24, 2.45) is 0 Å². The Kier molecular flexibility index (Phi) is 5.27. The quantitative estimate of drug-likeness (QED) is 0.425. The summed E-state index contributed by atoms with van der Waals surface area (Å²) in [6.45, 7) is 0.391. The fourth-order valence-electron chi connectivity index (χ4n) is 2.08. The summed E-state index contributed by atoms with van der Waals surface area (Å²) in [4.78, 5) is 22.2. The second-order valence-corrected chi connectivity index (χ2v) is 5.01. The average molecular weight is 315 g/mol. The molecule has 0 fully saturated rings. The van der Waals surface area contributed by atoms with Crippen molar-refractivity contribution in [3.05, 3.63) is 69.3 Å². The molecule has 0 heterocycles.